The van der Waals surface area contributed by atoms with Crippen LogP contribution in [-0.2, 0) is 19.0 Å². The lowest BCUT2D eigenvalue weighted by molar-refractivity contribution is -0.120. The van der Waals surface area contributed by atoms with Gasteiger partial charge in [-0.2, -0.15) is 0 Å². The van der Waals surface area contributed by atoms with Crippen molar-refractivity contribution < 1.29 is 13.9 Å². The van der Waals surface area contributed by atoms with E-state index >= 15 is 9.36 Å². The molecule has 0 bridgehead atoms. The van der Waals surface area contributed by atoms with E-state index in [1.165, 1.54) is 7.11 Å². The van der Waals surface area contributed by atoms with Crippen LogP contribution in [0.3, 0.4) is 0 Å². The summed E-state index contributed by atoms with van der Waals surface area (Å²) < 4.78 is 21.9. The van der Waals surface area contributed by atoms with E-state index < -0.39 is 18.4 Å². The van der Waals surface area contributed by atoms with Crippen molar-refractivity contribution in [2.75, 3.05) is 7.11 Å². The molecule has 0 heterocycles. The van der Waals surface area contributed by atoms with Crippen LogP contribution in [0.4, 0.5) is 0 Å². The van der Waals surface area contributed by atoms with Gasteiger partial charge in [0.1, 0.15) is 0 Å². The highest BCUT2D eigenvalue weighted by atomic mass is 31.2. The van der Waals surface area contributed by atoms with Crippen molar-refractivity contribution in [1.82, 2.24) is 0 Å². The van der Waals surface area contributed by atoms with E-state index in [9.17, 15) is 0 Å². The molecule has 3 nitrogen and oxygen atoms in total. The van der Waals surface area contributed by atoms with Crippen LogP contribution in [0.2, 0.25) is 0 Å². The predicted octanol–water partition coefficient (Wildman–Crippen LogP) is 8.11. The van der Waals surface area contributed by atoms with Crippen LogP contribution in [-0.4, -0.2) is 12.9 Å². The fraction of sp³-hybridized carbons (Fsp3) is 0.0833. The minimum Gasteiger partial charge on any atom is -0.327 e. The Bertz CT molecular complexity index is 1700. The molecule has 196 valence electrons. The number of benzene rings is 5. The normalized spacial score (nSPS) is 20.3. The van der Waals surface area contributed by atoms with Crippen LogP contribution in [0.15, 0.2) is 152 Å². The summed E-state index contributed by atoms with van der Waals surface area (Å²) >= 11 is 0. The molecule has 0 saturated heterocycles. The highest BCUT2D eigenvalue weighted by Crippen LogP contribution is 2.74. The first kappa shape index (κ1) is 26.0. The smallest absolute Gasteiger partial charge is 0.253 e. The zero-order chi connectivity index (χ0) is 27.6. The Labute approximate surface area is 235 Å². The number of ketones is 1. The number of hydrogen-bond acceptors (Lipinski definition) is 3. The number of rotatable bonds is 7. The number of carbonyl (C=O) groups is 1. The minimum absolute atomic E-state index is 0.156. The summed E-state index contributed by atoms with van der Waals surface area (Å²) in [7, 11) is -2.49. The Morgan fingerprint density at radius 1 is 0.600 bits per heavy atom. The summed E-state index contributed by atoms with van der Waals surface area (Å²) in [4.78, 5) is 15.5. The second kappa shape index (κ2) is 10.7. The number of carbonyl (C=O) groups excluding carboxylic acids is 1. The fourth-order valence-electron chi connectivity index (χ4n) is 6.15. The molecule has 6 rings (SSSR count). The van der Waals surface area contributed by atoms with Gasteiger partial charge in [-0.3, -0.25) is 9.36 Å². The van der Waals surface area contributed by atoms with Crippen LogP contribution in [0, 0.1) is 0 Å². The number of Topliss-reactive ketones (excluding diaryl/α,β-unsaturated/α-hetero) is 1. The molecule has 0 saturated carbocycles. The predicted molar refractivity (Wildman–Crippen MR) is 163 cm³/mol. The monoisotopic (exact) mass is 540 g/mol. The molecule has 0 aromatic heterocycles. The van der Waals surface area contributed by atoms with Crippen LogP contribution >= 0.6 is 7.37 Å². The molecule has 40 heavy (non-hydrogen) atoms. The van der Waals surface area contributed by atoms with E-state index in [2.05, 4.69) is 0 Å². The van der Waals surface area contributed by atoms with Crippen LogP contribution in [0.25, 0.3) is 11.1 Å². The lowest BCUT2D eigenvalue weighted by Gasteiger charge is -2.38. The van der Waals surface area contributed by atoms with E-state index in [-0.39, 0.29) is 5.78 Å². The summed E-state index contributed by atoms with van der Waals surface area (Å²) in [5.41, 5.74) is 4.83. The molecular weight excluding hydrogens is 511 g/mol. The standard InChI is InChI=1S/C36H29O3P/c1-39-40(38,31-25-15-6-16-26-31)36(30-23-13-5-14-24-30)34(29-21-11-4-12-22-29)32(27-17-7-2-8-18-27)33(35(36)37)28-19-9-3-10-20-28/h2-26,33H,1H3. The van der Waals surface area contributed by atoms with Crippen molar-refractivity contribution in [2.24, 2.45) is 0 Å². The van der Waals surface area contributed by atoms with E-state index in [0.717, 1.165) is 27.8 Å². The Morgan fingerprint density at radius 2 is 1.05 bits per heavy atom. The maximum atomic E-state index is 15.8. The average molecular weight is 541 g/mol. The molecule has 3 atom stereocenters. The van der Waals surface area contributed by atoms with Gasteiger partial charge < -0.3 is 4.52 Å². The molecule has 1 aliphatic carbocycles. The molecule has 5 aromatic carbocycles. The maximum Gasteiger partial charge on any atom is 0.253 e. The lowest BCUT2D eigenvalue weighted by atomic mass is 9.84. The van der Waals surface area contributed by atoms with Gasteiger partial charge in [0.05, 0.1) is 5.92 Å². The molecule has 5 aromatic rings. The highest BCUT2D eigenvalue weighted by Gasteiger charge is 2.66. The molecule has 0 N–H and O–H groups in total. The quantitative estimate of drug-likeness (QED) is 0.196. The lowest BCUT2D eigenvalue weighted by Crippen LogP contribution is -2.39. The topological polar surface area (TPSA) is 43.4 Å². The second-order valence-corrected chi connectivity index (χ2v) is 12.5. The SMILES string of the molecule is COP(=O)(c1ccccc1)C1(c2ccccc2)C(=O)C(c2ccccc2)C(c2ccccc2)=C1c1ccccc1. The maximum absolute atomic E-state index is 15.8. The molecule has 0 radical (unpaired) electrons. The Kier molecular flexibility index (Phi) is 6.94. The molecule has 1 aliphatic rings. The van der Waals surface area contributed by atoms with Crippen LogP contribution in [0.1, 0.15) is 28.2 Å². The first-order valence-corrected chi connectivity index (χ1v) is 15.0. The van der Waals surface area contributed by atoms with Crippen LogP contribution in [0.5, 0.6) is 0 Å². The van der Waals surface area contributed by atoms with Crippen molar-refractivity contribution in [3.8, 4) is 0 Å². The van der Waals surface area contributed by atoms with Crippen molar-refractivity contribution in [1.29, 1.82) is 0 Å². The fourth-order valence-corrected chi connectivity index (χ4v) is 9.04. The van der Waals surface area contributed by atoms with E-state index in [4.69, 9.17) is 4.52 Å². The van der Waals surface area contributed by atoms with Crippen molar-refractivity contribution in [3.05, 3.63) is 174 Å². The van der Waals surface area contributed by atoms with Gasteiger partial charge in [-0.1, -0.05) is 140 Å². The zero-order valence-electron chi connectivity index (χ0n) is 22.2. The van der Waals surface area contributed by atoms with Gasteiger partial charge in [0.2, 0.25) is 0 Å². The summed E-state index contributed by atoms with van der Waals surface area (Å²) in [6.45, 7) is 0. The van der Waals surface area contributed by atoms with Gasteiger partial charge in [-0.15, -0.1) is 0 Å². The third-order valence-electron chi connectivity index (χ3n) is 7.81. The number of allylic oxidation sites excluding steroid dienone is 2. The summed E-state index contributed by atoms with van der Waals surface area (Å²) in [6, 6.07) is 48.4. The second-order valence-electron chi connectivity index (χ2n) is 9.87. The Morgan fingerprint density at radius 3 is 1.57 bits per heavy atom. The molecule has 0 aliphatic heterocycles. The summed E-state index contributed by atoms with van der Waals surface area (Å²) in [5.74, 6) is -0.817. The summed E-state index contributed by atoms with van der Waals surface area (Å²) in [6.07, 6.45) is 0. The van der Waals surface area contributed by atoms with E-state index in [1.54, 1.807) is 0 Å². The van der Waals surface area contributed by atoms with Crippen LogP contribution < -0.4 is 5.30 Å². The third-order valence-corrected chi connectivity index (χ3v) is 10.9. The van der Waals surface area contributed by atoms with Crippen molar-refractivity contribution >= 4 is 29.6 Å². The number of hydrogen-bond donors (Lipinski definition) is 0. The molecule has 0 fully saturated rings. The largest absolute Gasteiger partial charge is 0.327 e. The van der Waals surface area contributed by atoms with E-state index in [0.29, 0.717) is 10.9 Å². The third kappa shape index (κ3) is 3.93. The zero-order valence-corrected chi connectivity index (χ0v) is 23.1. The van der Waals surface area contributed by atoms with Crippen molar-refractivity contribution in [2.45, 2.75) is 11.1 Å². The Balaban J connectivity index is 1.85. The van der Waals surface area contributed by atoms with Gasteiger partial charge in [0.15, 0.2) is 10.9 Å². The first-order valence-electron chi connectivity index (χ1n) is 13.3. The van der Waals surface area contributed by atoms with Gasteiger partial charge in [-0.05, 0) is 45.5 Å². The molecule has 4 heteroatoms. The first-order chi connectivity index (χ1) is 19.6. The van der Waals surface area contributed by atoms with Gasteiger partial charge >= 0.3 is 0 Å². The molecular formula is C36H29O3P. The minimum atomic E-state index is -3.95. The highest BCUT2D eigenvalue weighted by molar-refractivity contribution is 7.69. The van der Waals surface area contributed by atoms with Gasteiger partial charge in [-0.25, -0.2) is 0 Å². The molecule has 0 amide bonds. The molecule has 3 unspecified atom stereocenters. The summed E-state index contributed by atoms with van der Waals surface area (Å²) in [5, 5.41) is -1.10. The molecule has 0 spiro atoms. The average Bonchev–Trinajstić information content (AvgIpc) is 3.32. The van der Waals surface area contributed by atoms with E-state index in [1.807, 2.05) is 152 Å². The van der Waals surface area contributed by atoms with Gasteiger partial charge in [0.25, 0.3) is 7.37 Å². The van der Waals surface area contributed by atoms with Crippen molar-refractivity contribution in [3.63, 3.8) is 0 Å². The van der Waals surface area contributed by atoms with Gasteiger partial charge in [0, 0.05) is 12.4 Å². The Hall–Kier alpha value is -4.30.